The first-order valence-corrected chi connectivity index (χ1v) is 25.5. The van der Waals surface area contributed by atoms with Crippen molar-refractivity contribution in [3.05, 3.63) is 192 Å². The molecule has 339 valence electrons. The van der Waals surface area contributed by atoms with Crippen molar-refractivity contribution in [3.8, 4) is 50.6 Å². The van der Waals surface area contributed by atoms with E-state index >= 15 is 0 Å². The zero-order chi connectivity index (χ0) is 46.3. The number of para-hydroxylation sites is 2. The fourth-order valence-electron chi connectivity index (χ4n) is 8.80. The van der Waals surface area contributed by atoms with Crippen LogP contribution in [0.2, 0.25) is 13.1 Å². The molecule has 0 fully saturated rings. The van der Waals surface area contributed by atoms with Crippen LogP contribution in [0.4, 0.5) is 8.50 Å². The predicted octanol–water partition coefficient (Wildman–Crippen LogP) is 15.6. The van der Waals surface area contributed by atoms with E-state index in [1.54, 1.807) is 31.4 Å². The monoisotopic (exact) mass is 1080 g/mol. The Labute approximate surface area is 407 Å². The van der Waals surface area contributed by atoms with Crippen LogP contribution in [0.15, 0.2) is 162 Å². The number of benzene rings is 7. The Morgan fingerprint density at radius 2 is 1.49 bits per heavy atom. The second kappa shape index (κ2) is 19.1. The number of fused-ring (bicyclic) bond motifs is 4. The van der Waals surface area contributed by atoms with Crippen molar-refractivity contribution < 1.29 is 33.0 Å². The Morgan fingerprint density at radius 3 is 2.19 bits per heavy atom. The van der Waals surface area contributed by atoms with Gasteiger partial charge in [0.15, 0.2) is 0 Å². The van der Waals surface area contributed by atoms with Crippen LogP contribution in [0, 0.1) is 30.8 Å². The molecule has 3 aromatic heterocycles. The molecule has 10 aromatic rings. The van der Waals surface area contributed by atoms with E-state index in [9.17, 15) is 8.50 Å². The van der Waals surface area contributed by atoms with Crippen LogP contribution in [0.5, 0.6) is 0 Å². The van der Waals surface area contributed by atoms with Crippen molar-refractivity contribution in [1.82, 2.24) is 14.5 Å². The van der Waals surface area contributed by atoms with E-state index in [4.69, 9.17) is 9.40 Å². The summed E-state index contributed by atoms with van der Waals surface area (Å²) in [6.07, 6.45) is 2.62. The van der Waals surface area contributed by atoms with Gasteiger partial charge < -0.3 is 18.1 Å². The van der Waals surface area contributed by atoms with Gasteiger partial charge in [-0.25, -0.2) is 4.39 Å². The summed E-state index contributed by atoms with van der Waals surface area (Å²) in [4.78, 5) is 9.67. The Kier molecular flexibility index (Phi) is 13.5. The van der Waals surface area contributed by atoms with Crippen LogP contribution in [-0.4, -0.2) is 22.9 Å². The van der Waals surface area contributed by atoms with Gasteiger partial charge in [-0.2, -0.15) is 0 Å². The molecule has 0 saturated carbocycles. The molecule has 8 heteroatoms. The average molecular weight is 1080 g/mol. The van der Waals surface area contributed by atoms with Crippen molar-refractivity contribution in [2.45, 2.75) is 66.5 Å². The summed E-state index contributed by atoms with van der Waals surface area (Å²) < 4.78 is 37.1. The van der Waals surface area contributed by atoms with Gasteiger partial charge in [-0.1, -0.05) is 137 Å². The number of nitrogens with zero attached hydrogens (tertiary/aromatic N) is 3. The van der Waals surface area contributed by atoms with Crippen LogP contribution >= 0.6 is 0 Å². The first kappa shape index (κ1) is 47.2. The van der Waals surface area contributed by atoms with Gasteiger partial charge in [0.05, 0.1) is 22.4 Å². The van der Waals surface area contributed by atoms with Gasteiger partial charge in [-0.15, -0.1) is 53.6 Å². The summed E-state index contributed by atoms with van der Waals surface area (Å²) >= 11 is 0. The molecule has 0 aliphatic rings. The molecule has 0 spiro atoms. The number of halogens is 2. The van der Waals surface area contributed by atoms with Crippen molar-refractivity contribution in [2.24, 2.45) is 5.92 Å². The minimum absolute atomic E-state index is 0. The Bertz CT molecular complexity index is 3350. The van der Waals surface area contributed by atoms with Crippen molar-refractivity contribution >= 4 is 46.6 Å². The quantitative estimate of drug-likeness (QED) is 0.0865. The third-order valence-corrected chi connectivity index (χ3v) is 13.9. The fourth-order valence-corrected chi connectivity index (χ4v) is 10.1. The number of hydrogen-bond donors (Lipinski definition) is 0. The maximum absolute atomic E-state index is 14.5. The molecule has 0 amide bonds. The molecule has 67 heavy (non-hydrogen) atoms. The molecule has 0 saturated heterocycles. The van der Waals surface area contributed by atoms with Crippen LogP contribution < -0.4 is 5.19 Å². The summed E-state index contributed by atoms with van der Waals surface area (Å²) in [5.74, 6) is 1.01. The second-order valence-electron chi connectivity index (χ2n) is 19.1. The molecule has 1 radical (unpaired) electrons. The number of hydrogen-bond acceptors (Lipinski definition) is 3. The third kappa shape index (κ3) is 9.76. The Hall–Kier alpha value is -6.31. The van der Waals surface area contributed by atoms with Crippen molar-refractivity contribution in [1.29, 1.82) is 0 Å². The number of imidazole rings is 1. The van der Waals surface area contributed by atoms with E-state index in [2.05, 4.69) is 142 Å². The van der Waals surface area contributed by atoms with E-state index in [1.165, 1.54) is 17.7 Å². The third-order valence-electron chi connectivity index (χ3n) is 12.1. The summed E-state index contributed by atoms with van der Waals surface area (Å²) in [5, 5.41) is 2.89. The molecule has 0 N–H and O–H groups in total. The first-order chi connectivity index (χ1) is 31.6. The SMILES string of the molecule is CC(C)Cc1cc(-c2[c-]cccc2)ncc1[Si](C)(C)F.Cc1c[c-]c(-c2nc3ccccc3n2-c2ccc(C(C)(C)C)cc2-c2ccccc2)c2oc3cc(-c4ccc(F)cc4)ccc3c12.[Ir]. The van der Waals surface area contributed by atoms with Gasteiger partial charge in [0.2, 0.25) is 0 Å². The van der Waals surface area contributed by atoms with Gasteiger partial charge in [-0.3, -0.25) is 4.98 Å². The molecule has 0 bridgehead atoms. The van der Waals surface area contributed by atoms with Gasteiger partial charge in [0.1, 0.15) is 11.4 Å². The minimum Gasteiger partial charge on any atom is -0.501 e. The summed E-state index contributed by atoms with van der Waals surface area (Å²) in [7, 11) is -2.84. The average Bonchev–Trinajstić information content (AvgIpc) is 3.88. The smallest absolute Gasteiger partial charge is 0.273 e. The van der Waals surface area contributed by atoms with Crippen LogP contribution in [0.3, 0.4) is 0 Å². The number of aromatic nitrogens is 3. The molecule has 4 nitrogen and oxygen atoms in total. The Morgan fingerprint density at radius 1 is 0.776 bits per heavy atom. The number of furan rings is 1. The minimum atomic E-state index is -2.84. The topological polar surface area (TPSA) is 43.9 Å². The maximum Gasteiger partial charge on any atom is 0.273 e. The number of aryl methyl sites for hydroxylation is 1. The van der Waals surface area contributed by atoms with Crippen molar-refractivity contribution in [3.63, 3.8) is 0 Å². The van der Waals surface area contributed by atoms with E-state index in [-0.39, 0.29) is 31.3 Å². The van der Waals surface area contributed by atoms with Gasteiger partial charge in [-0.05, 0) is 106 Å². The van der Waals surface area contributed by atoms with Gasteiger partial charge in [0.25, 0.3) is 8.41 Å². The molecule has 0 unspecified atom stereocenters. The molecular formula is C59H53F2IrN3OSi-2. The Balaban J connectivity index is 0.000000244. The number of pyridine rings is 1. The maximum atomic E-state index is 14.5. The molecular weight excluding hydrogens is 1020 g/mol. The van der Waals surface area contributed by atoms with Crippen LogP contribution in [0.25, 0.3) is 83.6 Å². The number of rotatable bonds is 8. The van der Waals surface area contributed by atoms with E-state index in [0.29, 0.717) is 5.92 Å². The fraction of sp³-hybridized carbons (Fsp3) is 0.186. The zero-order valence-corrected chi connectivity index (χ0v) is 42.5. The largest absolute Gasteiger partial charge is 0.501 e. The first-order valence-electron chi connectivity index (χ1n) is 22.6. The zero-order valence-electron chi connectivity index (χ0n) is 39.1. The summed E-state index contributed by atoms with van der Waals surface area (Å²) in [6.45, 7) is 16.6. The molecule has 3 heterocycles. The summed E-state index contributed by atoms with van der Waals surface area (Å²) in [6, 6.07) is 56.9. The van der Waals surface area contributed by atoms with E-state index in [1.807, 2.05) is 48.5 Å². The second-order valence-corrected chi connectivity index (χ2v) is 22.5. The molecule has 0 aliphatic carbocycles. The van der Waals surface area contributed by atoms with Gasteiger partial charge in [0, 0.05) is 42.9 Å². The van der Waals surface area contributed by atoms with E-state index in [0.717, 1.165) is 106 Å². The predicted molar refractivity (Wildman–Crippen MR) is 272 cm³/mol. The standard InChI is InChI=1S/C42H32FN2O.C17H21FNSi.Ir/c1-26-14-21-33(40-39(26)32-22-17-29(24-38(32)46-40)27-15-19-31(43)20-16-27)41-44-35-12-8-9-13-37(35)45(41)36-23-18-30(42(2,3)4)25-34(36)28-10-6-5-7-11-28;1-13(2)10-15-11-16(14-8-6-5-7-9-14)19-12-17(15)20(3,4)18;/h5-20,22-25H,1-4H3;5-8,11-13H,10H2,1-4H3;/q2*-1;. The van der Waals surface area contributed by atoms with Crippen LogP contribution in [0.1, 0.15) is 51.3 Å². The van der Waals surface area contributed by atoms with Crippen LogP contribution in [-0.2, 0) is 31.9 Å². The normalized spacial score (nSPS) is 11.8. The van der Waals surface area contributed by atoms with Crippen molar-refractivity contribution in [2.75, 3.05) is 0 Å². The molecule has 0 atom stereocenters. The molecule has 7 aromatic carbocycles. The summed E-state index contributed by atoms with van der Waals surface area (Å²) in [5.41, 5.74) is 14.7. The molecule has 10 rings (SSSR count). The van der Waals surface area contributed by atoms with Gasteiger partial charge >= 0.3 is 0 Å². The van der Waals surface area contributed by atoms with E-state index < -0.39 is 8.41 Å². The molecule has 0 aliphatic heterocycles.